The lowest BCUT2D eigenvalue weighted by molar-refractivity contribution is 0.358. The van der Waals surface area contributed by atoms with Crippen LogP contribution in [0.3, 0.4) is 0 Å². The number of nitrogens with one attached hydrogen (secondary N) is 2. The van der Waals surface area contributed by atoms with Crippen molar-refractivity contribution in [1.29, 1.82) is 5.26 Å². The molecule has 1 aliphatic rings. The summed E-state index contributed by atoms with van der Waals surface area (Å²) < 4.78 is 26.7. The normalized spacial score (nSPS) is 18.5. The number of rotatable bonds is 5. The summed E-state index contributed by atoms with van der Waals surface area (Å²) >= 11 is 0. The van der Waals surface area contributed by atoms with Crippen molar-refractivity contribution in [3.63, 3.8) is 0 Å². The zero-order chi connectivity index (χ0) is 14.4. The number of sulfonamides is 1. The van der Waals surface area contributed by atoms with Crippen LogP contribution in [0.1, 0.15) is 24.8 Å². The molecule has 116 valence electrons. The third kappa shape index (κ3) is 5.25. The van der Waals surface area contributed by atoms with Gasteiger partial charge in [0.15, 0.2) is 0 Å². The highest BCUT2D eigenvalue weighted by Gasteiger charge is 2.17. The van der Waals surface area contributed by atoms with Gasteiger partial charge in [0, 0.05) is 18.9 Å². The molecule has 8 heteroatoms. The molecule has 0 amide bonds. The first-order valence-electron chi connectivity index (χ1n) is 6.67. The Morgan fingerprint density at radius 3 is 2.95 bits per heavy atom. The van der Waals surface area contributed by atoms with E-state index in [1.165, 1.54) is 18.5 Å². The van der Waals surface area contributed by atoms with Crippen molar-refractivity contribution in [2.75, 3.05) is 19.6 Å². The molecule has 1 atom stereocenters. The number of nitrogens with zero attached hydrogens (tertiary/aromatic N) is 2. The molecule has 1 fully saturated rings. The second-order valence-electron chi connectivity index (χ2n) is 4.92. The van der Waals surface area contributed by atoms with Crippen LogP contribution in [-0.2, 0) is 10.0 Å². The van der Waals surface area contributed by atoms with Gasteiger partial charge < -0.3 is 5.32 Å². The maximum Gasteiger partial charge on any atom is 0.242 e. The molecule has 6 nitrogen and oxygen atoms in total. The lowest BCUT2D eigenvalue weighted by Gasteiger charge is -2.22. The van der Waals surface area contributed by atoms with Crippen LogP contribution in [0.15, 0.2) is 23.4 Å². The van der Waals surface area contributed by atoms with Gasteiger partial charge in [-0.3, -0.25) is 4.98 Å². The zero-order valence-electron chi connectivity index (χ0n) is 11.6. The predicted octanol–water partition coefficient (Wildman–Crippen LogP) is 1.04. The van der Waals surface area contributed by atoms with Crippen LogP contribution in [-0.4, -0.2) is 33.0 Å². The lowest BCUT2D eigenvalue weighted by Crippen LogP contribution is -2.33. The topological polar surface area (TPSA) is 94.9 Å². The fourth-order valence-corrected chi connectivity index (χ4v) is 3.31. The second-order valence-corrected chi connectivity index (χ2v) is 6.69. The number of hydrogen-bond donors (Lipinski definition) is 2. The molecule has 0 aromatic carbocycles. The summed E-state index contributed by atoms with van der Waals surface area (Å²) in [5, 5.41) is 12.1. The molecule has 2 N–H and O–H groups in total. The van der Waals surface area contributed by atoms with Gasteiger partial charge in [-0.25, -0.2) is 13.1 Å². The Balaban J connectivity index is 0.00000220. The van der Waals surface area contributed by atoms with Crippen LogP contribution >= 0.6 is 12.4 Å². The van der Waals surface area contributed by atoms with Crippen molar-refractivity contribution in [3.8, 4) is 6.07 Å². The summed E-state index contributed by atoms with van der Waals surface area (Å²) in [5.74, 6) is 0.523. The minimum Gasteiger partial charge on any atom is -0.316 e. The number of pyridine rings is 1. The average Bonchev–Trinajstić information content (AvgIpc) is 2.48. The van der Waals surface area contributed by atoms with Gasteiger partial charge in [0.2, 0.25) is 10.0 Å². The summed E-state index contributed by atoms with van der Waals surface area (Å²) in [5.41, 5.74) is 0.240. The van der Waals surface area contributed by atoms with Gasteiger partial charge in [-0.15, -0.1) is 12.4 Å². The van der Waals surface area contributed by atoms with E-state index in [9.17, 15) is 8.42 Å². The Labute approximate surface area is 131 Å². The molecular weight excluding hydrogens is 312 g/mol. The minimum atomic E-state index is -3.58. The monoisotopic (exact) mass is 330 g/mol. The number of aromatic nitrogens is 1. The van der Waals surface area contributed by atoms with Crippen molar-refractivity contribution in [2.45, 2.75) is 24.2 Å². The Kier molecular flexibility index (Phi) is 7.05. The largest absolute Gasteiger partial charge is 0.316 e. The van der Waals surface area contributed by atoms with E-state index in [4.69, 9.17) is 5.26 Å². The second kappa shape index (κ2) is 8.29. The highest BCUT2D eigenvalue weighted by Crippen LogP contribution is 2.14. The van der Waals surface area contributed by atoms with E-state index in [-0.39, 0.29) is 22.9 Å². The van der Waals surface area contributed by atoms with Crippen molar-refractivity contribution < 1.29 is 8.42 Å². The summed E-state index contributed by atoms with van der Waals surface area (Å²) in [6, 6.07) is 3.22. The number of hydrogen-bond acceptors (Lipinski definition) is 5. The number of halogens is 1. The van der Waals surface area contributed by atoms with E-state index in [1.54, 1.807) is 0 Å². The maximum atomic E-state index is 12.1. The fourth-order valence-electron chi connectivity index (χ4n) is 2.28. The fraction of sp³-hybridized carbons (Fsp3) is 0.538. The minimum absolute atomic E-state index is 0. The van der Waals surface area contributed by atoms with Gasteiger partial charge in [0.25, 0.3) is 0 Å². The SMILES string of the molecule is Cl.N#Cc1cncc(S(=O)(=O)NCCC2CCCNC2)c1. The van der Waals surface area contributed by atoms with Crippen LogP contribution in [0, 0.1) is 17.2 Å². The van der Waals surface area contributed by atoms with Crippen LogP contribution in [0.2, 0.25) is 0 Å². The molecule has 0 bridgehead atoms. The van der Waals surface area contributed by atoms with E-state index in [0.717, 1.165) is 32.4 Å². The van der Waals surface area contributed by atoms with E-state index in [1.807, 2.05) is 6.07 Å². The maximum absolute atomic E-state index is 12.1. The molecule has 2 rings (SSSR count). The van der Waals surface area contributed by atoms with Crippen molar-refractivity contribution >= 4 is 22.4 Å². The molecule has 1 unspecified atom stereocenters. The van der Waals surface area contributed by atoms with E-state index < -0.39 is 10.0 Å². The first kappa shape index (κ1) is 17.9. The van der Waals surface area contributed by atoms with E-state index >= 15 is 0 Å². The number of piperidine rings is 1. The van der Waals surface area contributed by atoms with Gasteiger partial charge in [0.05, 0.1) is 5.56 Å². The molecule has 1 aromatic heterocycles. The first-order chi connectivity index (χ1) is 9.62. The van der Waals surface area contributed by atoms with Gasteiger partial charge in [-0.2, -0.15) is 5.26 Å². The molecule has 21 heavy (non-hydrogen) atoms. The third-order valence-electron chi connectivity index (χ3n) is 3.40. The Bertz CT molecular complexity index is 594. The summed E-state index contributed by atoms with van der Waals surface area (Å²) in [6.07, 6.45) is 5.70. The highest BCUT2D eigenvalue weighted by atomic mass is 35.5. The third-order valence-corrected chi connectivity index (χ3v) is 4.82. The molecule has 1 aromatic rings. The van der Waals surface area contributed by atoms with Crippen LogP contribution in [0.5, 0.6) is 0 Å². The standard InChI is InChI=1S/C13H18N4O2S.ClH/c14-7-12-6-13(10-16-9-12)20(18,19)17-5-3-11-2-1-4-15-8-11;/h6,9-11,15,17H,1-5,8H2;1H. The van der Waals surface area contributed by atoms with E-state index in [2.05, 4.69) is 15.0 Å². The van der Waals surface area contributed by atoms with Crippen molar-refractivity contribution in [1.82, 2.24) is 15.0 Å². The van der Waals surface area contributed by atoms with Gasteiger partial charge in [-0.1, -0.05) is 0 Å². The zero-order valence-corrected chi connectivity index (χ0v) is 13.2. The molecule has 0 aliphatic carbocycles. The Hall–Kier alpha value is -1.20. The van der Waals surface area contributed by atoms with Crippen LogP contribution < -0.4 is 10.0 Å². The van der Waals surface area contributed by atoms with Gasteiger partial charge in [-0.05, 0) is 44.3 Å². The Morgan fingerprint density at radius 1 is 1.48 bits per heavy atom. The molecule has 0 saturated carbocycles. The van der Waals surface area contributed by atoms with Crippen molar-refractivity contribution in [3.05, 3.63) is 24.0 Å². The molecule has 1 aliphatic heterocycles. The average molecular weight is 331 g/mol. The van der Waals surface area contributed by atoms with Gasteiger partial charge >= 0.3 is 0 Å². The lowest BCUT2D eigenvalue weighted by atomic mass is 9.96. The molecule has 0 radical (unpaired) electrons. The summed E-state index contributed by atoms with van der Waals surface area (Å²) in [7, 11) is -3.58. The number of nitriles is 1. The first-order valence-corrected chi connectivity index (χ1v) is 8.15. The molecular formula is C13H19ClN4O2S. The van der Waals surface area contributed by atoms with Crippen LogP contribution in [0.4, 0.5) is 0 Å². The Morgan fingerprint density at radius 2 is 2.29 bits per heavy atom. The smallest absolute Gasteiger partial charge is 0.242 e. The van der Waals surface area contributed by atoms with Crippen LogP contribution in [0.25, 0.3) is 0 Å². The summed E-state index contributed by atoms with van der Waals surface area (Å²) in [4.78, 5) is 3.81. The van der Waals surface area contributed by atoms with Crippen molar-refractivity contribution in [2.24, 2.45) is 5.92 Å². The predicted molar refractivity (Wildman–Crippen MR) is 81.6 cm³/mol. The highest BCUT2D eigenvalue weighted by molar-refractivity contribution is 7.89. The quantitative estimate of drug-likeness (QED) is 0.841. The van der Waals surface area contributed by atoms with E-state index in [0.29, 0.717) is 12.5 Å². The molecule has 1 saturated heterocycles. The van der Waals surface area contributed by atoms with Gasteiger partial charge in [0.1, 0.15) is 11.0 Å². The summed E-state index contributed by atoms with van der Waals surface area (Å²) in [6.45, 7) is 2.41. The molecule has 2 heterocycles. The molecule has 0 spiro atoms.